The molecule has 7 nitrogen and oxygen atoms in total. The predicted molar refractivity (Wildman–Crippen MR) is 168 cm³/mol. The summed E-state index contributed by atoms with van der Waals surface area (Å²) in [5, 5.41) is 30.8. The number of nitrogens with zero attached hydrogens (tertiary/aromatic N) is 1. The monoisotopic (exact) mass is 582 g/mol. The van der Waals surface area contributed by atoms with E-state index in [4.69, 9.17) is 0 Å². The first kappa shape index (κ1) is 39.1. The molecule has 3 unspecified atom stereocenters. The summed E-state index contributed by atoms with van der Waals surface area (Å²) < 4.78 is -0.378. The molecule has 0 fully saturated rings. The minimum atomic E-state index is -1.09. The van der Waals surface area contributed by atoms with Gasteiger partial charge in [-0.1, -0.05) is 97.6 Å². The molecule has 0 rings (SSSR count). The summed E-state index contributed by atoms with van der Waals surface area (Å²) >= 11 is 0. The van der Waals surface area contributed by atoms with Gasteiger partial charge in [0, 0.05) is 19.3 Å². The highest BCUT2D eigenvalue weighted by Gasteiger charge is 2.56. The minimum Gasteiger partial charge on any atom is -0.477 e. The maximum atomic E-state index is 12.6. The Labute approximate surface area is 251 Å². The van der Waals surface area contributed by atoms with Gasteiger partial charge in [0.1, 0.15) is 0 Å². The van der Waals surface area contributed by atoms with Gasteiger partial charge in [-0.25, -0.2) is 14.4 Å². The van der Waals surface area contributed by atoms with Crippen molar-refractivity contribution in [3.8, 4) is 0 Å². The molecule has 240 valence electrons. The van der Waals surface area contributed by atoms with Gasteiger partial charge < -0.3 is 15.3 Å². The first-order chi connectivity index (χ1) is 19.7. The quantitative estimate of drug-likeness (QED) is 0.0461. The molecule has 0 heterocycles. The van der Waals surface area contributed by atoms with Gasteiger partial charge >= 0.3 is 17.9 Å². The highest BCUT2D eigenvalue weighted by Crippen LogP contribution is 2.34. The molecule has 0 bridgehead atoms. The van der Waals surface area contributed by atoms with E-state index >= 15 is 0 Å². The fourth-order valence-corrected chi connectivity index (χ4v) is 6.46. The van der Waals surface area contributed by atoms with E-state index in [0.717, 1.165) is 38.5 Å². The Kier molecular flexibility index (Phi) is 23.5. The van der Waals surface area contributed by atoms with Crippen molar-refractivity contribution < 1.29 is 34.2 Å². The fourth-order valence-electron chi connectivity index (χ4n) is 6.46. The largest absolute Gasteiger partial charge is 0.477 e. The number of quaternary nitrogens is 1. The number of allylic oxidation sites excluding steroid dienone is 2. The van der Waals surface area contributed by atoms with Crippen molar-refractivity contribution >= 4 is 17.9 Å². The summed E-state index contributed by atoms with van der Waals surface area (Å²) in [5.74, 6) is -3.26. The average molecular weight is 583 g/mol. The molecule has 3 N–H and O–H groups in total. The second-order valence-corrected chi connectivity index (χ2v) is 11.9. The third-order valence-corrected chi connectivity index (χ3v) is 8.59. The first-order valence-corrected chi connectivity index (χ1v) is 16.9. The molecule has 0 saturated carbocycles. The van der Waals surface area contributed by atoms with Crippen molar-refractivity contribution in [2.45, 2.75) is 181 Å². The third kappa shape index (κ3) is 15.2. The van der Waals surface area contributed by atoms with Crippen LogP contribution in [-0.2, 0) is 14.4 Å². The van der Waals surface area contributed by atoms with Crippen molar-refractivity contribution in [3.05, 3.63) is 12.2 Å². The van der Waals surface area contributed by atoms with Gasteiger partial charge in [0.25, 0.3) is 0 Å². The smallest absolute Gasteiger partial charge is 0.362 e. The summed E-state index contributed by atoms with van der Waals surface area (Å²) in [7, 11) is 0. The zero-order valence-corrected chi connectivity index (χ0v) is 27.0. The Morgan fingerprint density at radius 3 is 1.12 bits per heavy atom. The standard InChI is InChI=1S/C34H63NO6/c1-5-9-10-11-12-13-14-15-16-17-18-19-20-21-22-23-24-28-35(29(25-6-2)32(36)37,30(26-7-3)33(38)39)31(27-8-4)34(40)41/h17-18,29-31H,5-16,19-28H2,1-4H3,(H2-,36,37,38,39,40,41)/p+1/b18-17+. The van der Waals surface area contributed by atoms with Crippen molar-refractivity contribution in [2.24, 2.45) is 0 Å². The van der Waals surface area contributed by atoms with Crippen LogP contribution in [0.4, 0.5) is 0 Å². The summed E-state index contributed by atoms with van der Waals surface area (Å²) in [4.78, 5) is 37.7. The molecule has 0 aromatic rings. The van der Waals surface area contributed by atoms with Gasteiger partial charge in [0.2, 0.25) is 0 Å². The summed E-state index contributed by atoms with van der Waals surface area (Å²) in [6.07, 6.45) is 24.6. The van der Waals surface area contributed by atoms with Gasteiger partial charge in [0.05, 0.1) is 6.54 Å². The van der Waals surface area contributed by atoms with Crippen LogP contribution in [0.1, 0.15) is 163 Å². The second-order valence-electron chi connectivity index (χ2n) is 11.9. The topological polar surface area (TPSA) is 112 Å². The van der Waals surface area contributed by atoms with E-state index in [1.807, 2.05) is 20.8 Å². The van der Waals surface area contributed by atoms with Crippen LogP contribution in [0.5, 0.6) is 0 Å². The number of carboxylic acids is 3. The van der Waals surface area contributed by atoms with Crippen LogP contribution in [0.2, 0.25) is 0 Å². The lowest BCUT2D eigenvalue weighted by Gasteiger charge is -2.50. The Bertz CT molecular complexity index is 662. The van der Waals surface area contributed by atoms with Gasteiger partial charge in [-0.05, 0) is 57.8 Å². The molecule has 0 spiro atoms. The molecule has 0 aromatic carbocycles. The number of unbranched alkanes of at least 4 members (excludes halogenated alkanes) is 13. The first-order valence-electron chi connectivity index (χ1n) is 16.9. The Morgan fingerprint density at radius 1 is 0.488 bits per heavy atom. The maximum absolute atomic E-state index is 12.6. The molecule has 0 aromatic heterocycles. The normalized spacial score (nSPS) is 15.4. The molecular formula is C34H64NO6+. The van der Waals surface area contributed by atoms with E-state index in [-0.39, 0.29) is 30.3 Å². The van der Waals surface area contributed by atoms with Gasteiger partial charge in [-0.2, -0.15) is 0 Å². The molecule has 0 amide bonds. The Hall–Kier alpha value is -1.89. The predicted octanol–water partition coefficient (Wildman–Crippen LogP) is 8.99. The van der Waals surface area contributed by atoms with Crippen molar-refractivity contribution in [1.82, 2.24) is 0 Å². The third-order valence-electron chi connectivity index (χ3n) is 8.59. The highest BCUT2D eigenvalue weighted by atomic mass is 16.4. The molecule has 3 atom stereocenters. The van der Waals surface area contributed by atoms with Crippen LogP contribution in [-0.4, -0.2) is 62.4 Å². The molecule has 0 aliphatic carbocycles. The molecule has 0 radical (unpaired) electrons. The average Bonchev–Trinajstić information content (AvgIpc) is 2.93. The van der Waals surface area contributed by atoms with Crippen molar-refractivity contribution in [1.29, 1.82) is 0 Å². The maximum Gasteiger partial charge on any atom is 0.362 e. The molecule has 0 aliphatic rings. The Morgan fingerprint density at radius 2 is 0.805 bits per heavy atom. The van der Waals surface area contributed by atoms with Crippen LogP contribution < -0.4 is 0 Å². The molecule has 0 saturated heterocycles. The molecule has 0 aliphatic heterocycles. The highest BCUT2D eigenvalue weighted by molar-refractivity contribution is 5.78. The minimum absolute atomic E-state index is 0.265. The lowest BCUT2D eigenvalue weighted by molar-refractivity contribution is -0.973. The van der Waals surface area contributed by atoms with E-state index in [1.165, 1.54) is 51.4 Å². The second kappa shape index (κ2) is 24.7. The number of aliphatic carboxylic acids is 3. The van der Waals surface area contributed by atoms with E-state index in [2.05, 4.69) is 19.1 Å². The van der Waals surface area contributed by atoms with E-state index in [1.54, 1.807) is 0 Å². The van der Waals surface area contributed by atoms with Crippen molar-refractivity contribution in [3.63, 3.8) is 0 Å². The van der Waals surface area contributed by atoms with Gasteiger partial charge in [0.15, 0.2) is 18.1 Å². The SMILES string of the molecule is CCCCCCCCCC/C=C/CCCCCCC[N+](C(CCC)C(=O)O)(C(CCC)C(=O)O)C(CCC)C(=O)O. The lowest BCUT2D eigenvalue weighted by atomic mass is 9.91. The van der Waals surface area contributed by atoms with Crippen LogP contribution in [0.3, 0.4) is 0 Å². The van der Waals surface area contributed by atoms with Crippen LogP contribution >= 0.6 is 0 Å². The van der Waals surface area contributed by atoms with Gasteiger partial charge in [-0.15, -0.1) is 0 Å². The number of carbonyl (C=O) groups is 3. The van der Waals surface area contributed by atoms with Crippen molar-refractivity contribution in [2.75, 3.05) is 6.54 Å². The summed E-state index contributed by atoms with van der Waals surface area (Å²) in [6.45, 7) is 8.14. The van der Waals surface area contributed by atoms with Gasteiger partial charge in [-0.3, -0.25) is 4.48 Å². The Balaban J connectivity index is 5.05. The van der Waals surface area contributed by atoms with Crippen LogP contribution in [0.25, 0.3) is 0 Å². The number of rotatable bonds is 29. The summed E-state index contributed by atoms with van der Waals surface area (Å²) in [5.41, 5.74) is 0. The zero-order chi connectivity index (χ0) is 30.9. The molecule has 41 heavy (non-hydrogen) atoms. The van der Waals surface area contributed by atoms with E-state index in [9.17, 15) is 29.7 Å². The molecular weight excluding hydrogens is 518 g/mol. The lowest BCUT2D eigenvalue weighted by Crippen LogP contribution is -2.72. The van der Waals surface area contributed by atoms with E-state index in [0.29, 0.717) is 25.7 Å². The number of hydrogen-bond acceptors (Lipinski definition) is 3. The zero-order valence-electron chi connectivity index (χ0n) is 27.0. The fraction of sp³-hybridized carbons (Fsp3) is 0.853. The summed E-state index contributed by atoms with van der Waals surface area (Å²) in [6, 6.07) is -3.15. The van der Waals surface area contributed by atoms with E-state index < -0.39 is 36.0 Å². The van der Waals surface area contributed by atoms with Crippen LogP contribution in [0, 0.1) is 0 Å². The number of carboxylic acid groups (broad SMARTS) is 3. The molecule has 7 heteroatoms. The van der Waals surface area contributed by atoms with Crippen LogP contribution in [0.15, 0.2) is 12.2 Å². The number of hydrogen-bond donors (Lipinski definition) is 3.